The lowest BCUT2D eigenvalue weighted by molar-refractivity contribution is 0.220. The number of hydrogen-bond acceptors (Lipinski definition) is 10. The van der Waals surface area contributed by atoms with Crippen LogP contribution in [0.5, 0.6) is 5.88 Å². The molecule has 0 bridgehead atoms. The summed E-state index contributed by atoms with van der Waals surface area (Å²) in [5.41, 5.74) is 3.59. The summed E-state index contributed by atoms with van der Waals surface area (Å²) in [6, 6.07) is 7.88. The lowest BCUT2D eigenvalue weighted by Crippen LogP contribution is -2.44. The Hall–Kier alpha value is -2.92. The molecule has 4 heterocycles. The molecule has 3 N–H and O–H groups in total. The third kappa shape index (κ3) is 4.66. The number of hydrogen-bond donors (Lipinski definition) is 3. The van der Waals surface area contributed by atoms with Gasteiger partial charge in [0.1, 0.15) is 15.0 Å². The third-order valence-corrected chi connectivity index (χ3v) is 7.39. The van der Waals surface area contributed by atoms with Crippen molar-refractivity contribution in [2.24, 2.45) is 0 Å². The standard InChI is InChI=1S/C25H30N6O3S/c1-3-34-23-21-20(28-25(30-23)31-11-9-26-10-12-31)19-15(2)27-22(29-24(19)35-21)17-6-4-16(5-7-17)18(14-33)8-13-32/h4-7,18,26,32-33H,3,8-14H2,1-2H3. The summed E-state index contributed by atoms with van der Waals surface area (Å²) in [4.78, 5) is 22.5. The van der Waals surface area contributed by atoms with E-state index in [1.165, 1.54) is 11.3 Å². The van der Waals surface area contributed by atoms with Crippen molar-refractivity contribution in [3.8, 4) is 17.3 Å². The van der Waals surface area contributed by atoms with Gasteiger partial charge < -0.3 is 25.2 Å². The molecule has 1 aliphatic rings. The quantitative estimate of drug-likeness (QED) is 0.340. The van der Waals surface area contributed by atoms with Gasteiger partial charge >= 0.3 is 0 Å². The predicted octanol–water partition coefficient (Wildman–Crippen LogP) is 2.88. The Morgan fingerprint density at radius 2 is 1.86 bits per heavy atom. The van der Waals surface area contributed by atoms with Crippen LogP contribution in [0.4, 0.5) is 5.95 Å². The fraction of sp³-hybridized carbons (Fsp3) is 0.440. The van der Waals surface area contributed by atoms with E-state index >= 15 is 0 Å². The van der Waals surface area contributed by atoms with Gasteiger partial charge in [-0.05, 0) is 25.8 Å². The zero-order valence-electron chi connectivity index (χ0n) is 20.0. The van der Waals surface area contributed by atoms with Crippen LogP contribution in [0, 0.1) is 6.92 Å². The number of piperazine rings is 1. The molecule has 0 radical (unpaired) electrons. The van der Waals surface area contributed by atoms with Gasteiger partial charge in [0.2, 0.25) is 11.8 Å². The Kier molecular flexibility index (Phi) is 7.05. The van der Waals surface area contributed by atoms with Crippen LogP contribution in [-0.4, -0.2) is 76.1 Å². The van der Waals surface area contributed by atoms with E-state index in [1.807, 2.05) is 38.1 Å². The summed E-state index contributed by atoms with van der Waals surface area (Å²) < 4.78 is 6.82. The van der Waals surface area contributed by atoms with Crippen molar-refractivity contribution in [1.29, 1.82) is 0 Å². The number of aliphatic hydroxyl groups is 2. The fourth-order valence-corrected chi connectivity index (χ4v) is 5.57. The lowest BCUT2D eigenvalue weighted by atomic mass is 9.96. The first-order valence-corrected chi connectivity index (χ1v) is 12.8. The Balaban J connectivity index is 1.58. The smallest absolute Gasteiger partial charge is 0.236 e. The SMILES string of the molecule is CCOc1nc(N2CCNCC2)nc2c1sc1nc(-c3ccc(C(CO)CCO)cc3)nc(C)c12. The second kappa shape index (κ2) is 10.4. The van der Waals surface area contributed by atoms with Crippen molar-refractivity contribution in [3.63, 3.8) is 0 Å². The number of anilines is 1. The van der Waals surface area contributed by atoms with Gasteiger partial charge in [0.25, 0.3) is 0 Å². The second-order valence-corrected chi connectivity index (χ2v) is 9.60. The average Bonchev–Trinajstić information content (AvgIpc) is 3.27. The van der Waals surface area contributed by atoms with Crippen molar-refractivity contribution < 1.29 is 14.9 Å². The summed E-state index contributed by atoms with van der Waals surface area (Å²) in [6.45, 7) is 8.02. The number of nitrogens with one attached hydrogen (secondary N) is 1. The van der Waals surface area contributed by atoms with Gasteiger partial charge in [0, 0.05) is 44.3 Å². The molecule has 1 unspecified atom stereocenters. The highest BCUT2D eigenvalue weighted by atomic mass is 32.1. The molecule has 0 spiro atoms. The number of nitrogens with zero attached hydrogens (tertiary/aromatic N) is 5. The normalized spacial score (nSPS) is 15.1. The van der Waals surface area contributed by atoms with Crippen LogP contribution >= 0.6 is 11.3 Å². The topological polar surface area (TPSA) is 117 Å². The van der Waals surface area contributed by atoms with Crippen LogP contribution in [0.25, 0.3) is 31.8 Å². The van der Waals surface area contributed by atoms with Crippen LogP contribution in [0.3, 0.4) is 0 Å². The van der Waals surface area contributed by atoms with E-state index in [9.17, 15) is 10.2 Å². The highest BCUT2D eigenvalue weighted by Gasteiger charge is 2.22. The summed E-state index contributed by atoms with van der Waals surface area (Å²) in [5, 5.41) is 23.2. The number of aromatic nitrogens is 4. The molecule has 1 aromatic carbocycles. The largest absolute Gasteiger partial charge is 0.477 e. The minimum atomic E-state index is -0.0813. The van der Waals surface area contributed by atoms with Crippen LogP contribution < -0.4 is 15.0 Å². The molecular weight excluding hydrogens is 464 g/mol. The molecule has 0 amide bonds. The summed E-state index contributed by atoms with van der Waals surface area (Å²) in [7, 11) is 0. The Morgan fingerprint density at radius 3 is 2.54 bits per heavy atom. The molecule has 1 saturated heterocycles. The highest BCUT2D eigenvalue weighted by Crippen LogP contribution is 2.39. The van der Waals surface area contributed by atoms with E-state index in [-0.39, 0.29) is 19.1 Å². The van der Waals surface area contributed by atoms with Gasteiger partial charge in [0.05, 0.1) is 24.3 Å². The number of aliphatic hydroxyl groups excluding tert-OH is 2. The summed E-state index contributed by atoms with van der Waals surface area (Å²) in [6.07, 6.45) is 0.526. The van der Waals surface area contributed by atoms with Gasteiger partial charge in [-0.1, -0.05) is 24.3 Å². The van der Waals surface area contributed by atoms with Crippen molar-refractivity contribution in [1.82, 2.24) is 25.3 Å². The van der Waals surface area contributed by atoms with Crippen molar-refractivity contribution in [3.05, 3.63) is 35.5 Å². The molecule has 184 valence electrons. The maximum Gasteiger partial charge on any atom is 0.236 e. The van der Waals surface area contributed by atoms with Crippen molar-refractivity contribution in [2.45, 2.75) is 26.2 Å². The molecule has 1 fully saturated rings. The van der Waals surface area contributed by atoms with Gasteiger partial charge in [0.15, 0.2) is 5.82 Å². The molecule has 0 saturated carbocycles. The van der Waals surface area contributed by atoms with Crippen LogP contribution in [0.1, 0.15) is 30.5 Å². The van der Waals surface area contributed by atoms with Gasteiger partial charge in [-0.25, -0.2) is 15.0 Å². The van der Waals surface area contributed by atoms with E-state index in [4.69, 9.17) is 24.7 Å². The minimum Gasteiger partial charge on any atom is -0.477 e. The van der Waals surface area contributed by atoms with E-state index in [0.29, 0.717) is 30.7 Å². The molecule has 10 heteroatoms. The number of benzene rings is 1. The second-order valence-electron chi connectivity index (χ2n) is 8.61. The maximum absolute atomic E-state index is 9.62. The van der Waals surface area contributed by atoms with Crippen LogP contribution in [-0.2, 0) is 0 Å². The molecule has 9 nitrogen and oxygen atoms in total. The molecule has 5 rings (SSSR count). The fourth-order valence-electron chi connectivity index (χ4n) is 4.46. The van der Waals surface area contributed by atoms with Crippen molar-refractivity contribution in [2.75, 3.05) is 50.9 Å². The number of fused-ring (bicyclic) bond motifs is 3. The lowest BCUT2D eigenvalue weighted by Gasteiger charge is -2.27. The maximum atomic E-state index is 9.62. The molecule has 1 atom stereocenters. The number of thiophene rings is 1. The van der Waals surface area contributed by atoms with E-state index in [2.05, 4.69) is 10.2 Å². The van der Waals surface area contributed by atoms with Crippen LogP contribution in [0.2, 0.25) is 0 Å². The predicted molar refractivity (Wildman–Crippen MR) is 138 cm³/mol. The Morgan fingerprint density at radius 1 is 1.09 bits per heavy atom. The molecule has 3 aromatic heterocycles. The molecular formula is C25H30N6O3S. The first-order valence-electron chi connectivity index (χ1n) is 12.0. The third-order valence-electron chi connectivity index (χ3n) is 6.33. The van der Waals surface area contributed by atoms with Crippen LogP contribution in [0.15, 0.2) is 24.3 Å². The van der Waals surface area contributed by atoms with E-state index < -0.39 is 0 Å². The first-order chi connectivity index (χ1) is 17.1. The zero-order valence-corrected chi connectivity index (χ0v) is 20.8. The number of rotatable bonds is 8. The molecule has 1 aliphatic heterocycles. The Bertz CT molecular complexity index is 1320. The van der Waals surface area contributed by atoms with E-state index in [0.717, 1.165) is 63.4 Å². The van der Waals surface area contributed by atoms with E-state index in [1.54, 1.807) is 0 Å². The molecule has 0 aliphatic carbocycles. The van der Waals surface area contributed by atoms with Crippen molar-refractivity contribution >= 4 is 37.7 Å². The molecule has 35 heavy (non-hydrogen) atoms. The highest BCUT2D eigenvalue weighted by molar-refractivity contribution is 7.25. The average molecular weight is 495 g/mol. The molecule has 4 aromatic rings. The van der Waals surface area contributed by atoms with Gasteiger partial charge in [-0.3, -0.25) is 0 Å². The first kappa shape index (κ1) is 23.8. The monoisotopic (exact) mass is 494 g/mol. The Labute approximate surface area is 207 Å². The minimum absolute atomic E-state index is 0.00237. The van der Waals surface area contributed by atoms with Gasteiger partial charge in [-0.15, -0.1) is 11.3 Å². The number of ether oxygens (including phenoxy) is 1. The summed E-state index contributed by atoms with van der Waals surface area (Å²) in [5.74, 6) is 1.84. The number of aryl methyl sites for hydroxylation is 1. The van der Waals surface area contributed by atoms with Gasteiger partial charge in [-0.2, -0.15) is 4.98 Å². The zero-order chi connectivity index (χ0) is 24.4. The summed E-state index contributed by atoms with van der Waals surface area (Å²) >= 11 is 1.53.